The summed E-state index contributed by atoms with van der Waals surface area (Å²) in [6.07, 6.45) is 5.53. The van der Waals surface area contributed by atoms with Crippen molar-refractivity contribution in [3.8, 4) is 5.75 Å². The third kappa shape index (κ3) is 5.03. The van der Waals surface area contributed by atoms with Gasteiger partial charge < -0.3 is 4.74 Å². The van der Waals surface area contributed by atoms with Crippen molar-refractivity contribution in [3.05, 3.63) is 50.9 Å². The van der Waals surface area contributed by atoms with Crippen LogP contribution in [0.1, 0.15) is 31.4 Å². The van der Waals surface area contributed by atoms with E-state index in [1.165, 1.54) is 6.26 Å². The van der Waals surface area contributed by atoms with Gasteiger partial charge in [0.25, 0.3) is 0 Å². The van der Waals surface area contributed by atoms with Crippen molar-refractivity contribution >= 4 is 25.5 Å². The van der Waals surface area contributed by atoms with Crippen LogP contribution in [0.3, 0.4) is 0 Å². The van der Waals surface area contributed by atoms with Gasteiger partial charge in [0.1, 0.15) is 12.4 Å². The largest absolute Gasteiger partial charge is 0.491 e. The van der Waals surface area contributed by atoms with Crippen LogP contribution >= 0.6 is 15.9 Å². The van der Waals surface area contributed by atoms with Crippen molar-refractivity contribution in [1.29, 1.82) is 0 Å². The zero-order valence-electron chi connectivity index (χ0n) is 15.5. The van der Waals surface area contributed by atoms with E-state index in [9.17, 15) is 8.76 Å². The first kappa shape index (κ1) is 20.4. The number of hydrogen-bond donors (Lipinski definition) is 2. The first-order chi connectivity index (χ1) is 11.5. The quantitative estimate of drug-likeness (QED) is 0.688. The highest BCUT2D eigenvalue weighted by Crippen LogP contribution is 2.37. The molecule has 0 aromatic heterocycles. The van der Waals surface area contributed by atoms with Crippen molar-refractivity contribution in [2.24, 2.45) is 5.92 Å². The number of benzene rings is 1. The Morgan fingerprint density at radius 2 is 1.96 bits per heavy atom. The van der Waals surface area contributed by atoms with E-state index >= 15 is 0 Å². The van der Waals surface area contributed by atoms with Gasteiger partial charge in [-0.15, -0.1) is 9.53 Å². The summed E-state index contributed by atoms with van der Waals surface area (Å²) in [6, 6.07) is 5.71. The topological polar surface area (TPSA) is 58.6 Å². The maximum Gasteiger partial charge on any atom is 0.125 e. The van der Waals surface area contributed by atoms with Crippen LogP contribution in [0.5, 0.6) is 5.75 Å². The Balaban J connectivity index is 2.08. The molecule has 0 bridgehead atoms. The smallest absolute Gasteiger partial charge is 0.125 e. The predicted molar refractivity (Wildman–Crippen MR) is 110 cm³/mol. The van der Waals surface area contributed by atoms with Crippen LogP contribution in [-0.2, 0) is 9.53 Å². The summed E-state index contributed by atoms with van der Waals surface area (Å²) in [5, 5.41) is 0. The first-order valence-electron chi connectivity index (χ1n) is 8.40. The lowest BCUT2D eigenvalue weighted by atomic mass is 10.0. The molecule has 2 N–H and O–H groups in total. The van der Waals surface area contributed by atoms with Gasteiger partial charge in [0, 0.05) is 11.2 Å². The summed E-state index contributed by atoms with van der Waals surface area (Å²) in [5.41, 5.74) is 2.12. The molecule has 0 heterocycles. The van der Waals surface area contributed by atoms with Crippen molar-refractivity contribution in [1.82, 2.24) is 4.72 Å². The predicted octanol–water partition coefficient (Wildman–Crippen LogP) is 4.70. The summed E-state index contributed by atoms with van der Waals surface area (Å²) in [5.74, 6) is 1.03. The zero-order chi connectivity index (χ0) is 18.9. The van der Waals surface area contributed by atoms with E-state index in [2.05, 4.69) is 20.7 Å². The molecule has 1 aromatic carbocycles. The average molecular weight is 430 g/mol. The molecule has 1 aliphatic rings. The molecule has 4 nitrogen and oxygen atoms in total. The maximum atomic E-state index is 13.2. The Kier molecular flexibility index (Phi) is 5.99. The SMILES string of the molecule is Cc1cccc(C)c1OCC(C)NS(C)(=O)(O)C1=CC=C(Br)C(C)C1. The van der Waals surface area contributed by atoms with E-state index < -0.39 is 9.53 Å². The van der Waals surface area contributed by atoms with Gasteiger partial charge in [-0.05, 0) is 54.8 Å². The standard InChI is InChI=1S/C19H28BrNO3S/c1-13-7-6-8-14(2)19(13)24-12-16(4)21-25(5,22,23)17-9-10-18(20)15(3)11-17/h6-10,15-16H,11-12H2,1-5H3,(H2,21,22,23). The molecule has 2 unspecified atom stereocenters. The van der Waals surface area contributed by atoms with Crippen LogP contribution < -0.4 is 9.46 Å². The number of nitrogens with one attached hydrogen (secondary N) is 1. The third-order valence-corrected chi connectivity index (χ3v) is 7.93. The van der Waals surface area contributed by atoms with Gasteiger partial charge in [-0.25, -0.2) is 4.72 Å². The second-order valence-corrected chi connectivity index (χ2v) is 11.4. The molecule has 0 amide bonds. The average Bonchev–Trinajstić information content (AvgIpc) is 2.48. The van der Waals surface area contributed by atoms with Gasteiger partial charge >= 0.3 is 0 Å². The number of hydrogen-bond acceptors (Lipinski definition) is 2. The molecule has 0 saturated carbocycles. The fourth-order valence-electron chi connectivity index (χ4n) is 2.98. The second kappa shape index (κ2) is 7.35. The molecule has 1 aromatic rings. The van der Waals surface area contributed by atoms with Crippen molar-refractivity contribution in [2.45, 2.75) is 40.2 Å². The minimum Gasteiger partial charge on any atom is -0.491 e. The minimum atomic E-state index is -4.09. The van der Waals surface area contributed by atoms with Crippen molar-refractivity contribution < 1.29 is 13.5 Å². The van der Waals surface area contributed by atoms with E-state index in [0.717, 1.165) is 21.4 Å². The maximum absolute atomic E-state index is 13.2. The molecule has 0 radical (unpaired) electrons. The zero-order valence-corrected chi connectivity index (χ0v) is 17.9. The van der Waals surface area contributed by atoms with Crippen LogP contribution in [0.15, 0.2) is 39.7 Å². The lowest BCUT2D eigenvalue weighted by molar-refractivity contribution is 0.281. The number of rotatable bonds is 6. The minimum absolute atomic E-state index is 0.194. The number of ether oxygens (including phenoxy) is 1. The molecule has 25 heavy (non-hydrogen) atoms. The van der Waals surface area contributed by atoms with E-state index in [1.807, 2.05) is 52.0 Å². The fraction of sp³-hybridized carbons (Fsp3) is 0.474. The Bertz CT molecular complexity index is 759. The highest BCUT2D eigenvalue weighted by Gasteiger charge is 2.31. The Hall–Kier alpha value is -0.950. The number of allylic oxidation sites excluding steroid dienone is 4. The monoisotopic (exact) mass is 429 g/mol. The van der Waals surface area contributed by atoms with Crippen LogP contribution in [0.4, 0.5) is 0 Å². The lowest BCUT2D eigenvalue weighted by Gasteiger charge is -2.45. The van der Waals surface area contributed by atoms with Gasteiger partial charge in [0.05, 0.1) is 6.04 Å². The summed E-state index contributed by atoms with van der Waals surface area (Å²) in [7, 11) is -4.09. The summed E-state index contributed by atoms with van der Waals surface area (Å²) < 4.78 is 34.0. The third-order valence-electron chi connectivity index (χ3n) is 4.39. The molecule has 0 saturated heterocycles. The number of halogens is 1. The summed E-state index contributed by atoms with van der Waals surface area (Å²) in [4.78, 5) is 0.534. The molecule has 140 valence electrons. The number of aryl methyl sites for hydroxylation is 2. The Morgan fingerprint density at radius 1 is 1.36 bits per heavy atom. The molecular weight excluding hydrogens is 402 g/mol. The first-order valence-corrected chi connectivity index (χ1v) is 11.5. The highest BCUT2D eigenvalue weighted by molar-refractivity contribution is 9.11. The second-order valence-electron chi connectivity index (χ2n) is 7.12. The molecule has 0 fully saturated rings. The summed E-state index contributed by atoms with van der Waals surface area (Å²) in [6.45, 7) is 8.20. The Morgan fingerprint density at radius 3 is 2.52 bits per heavy atom. The Labute approximate surface area is 159 Å². The van der Waals surface area contributed by atoms with E-state index in [0.29, 0.717) is 17.9 Å². The van der Waals surface area contributed by atoms with E-state index in [-0.39, 0.29) is 12.0 Å². The molecular formula is C19H28BrNO3S. The van der Waals surface area contributed by atoms with E-state index in [4.69, 9.17) is 4.74 Å². The van der Waals surface area contributed by atoms with Crippen LogP contribution in [0.25, 0.3) is 0 Å². The normalized spacial score (nSPS) is 20.9. The molecule has 6 heteroatoms. The van der Waals surface area contributed by atoms with Gasteiger partial charge in [0.15, 0.2) is 0 Å². The van der Waals surface area contributed by atoms with Crippen molar-refractivity contribution in [3.63, 3.8) is 0 Å². The number of para-hydroxylation sites is 1. The van der Waals surface area contributed by atoms with Crippen LogP contribution in [-0.4, -0.2) is 27.7 Å². The lowest BCUT2D eigenvalue weighted by Crippen LogP contribution is -2.53. The van der Waals surface area contributed by atoms with E-state index in [1.54, 1.807) is 6.08 Å². The van der Waals surface area contributed by atoms with Crippen LogP contribution in [0.2, 0.25) is 0 Å². The highest BCUT2D eigenvalue weighted by atomic mass is 79.9. The molecule has 1 aliphatic carbocycles. The molecule has 2 rings (SSSR count). The van der Waals surface area contributed by atoms with Gasteiger partial charge in [-0.1, -0.05) is 47.1 Å². The van der Waals surface area contributed by atoms with Crippen molar-refractivity contribution in [2.75, 3.05) is 12.9 Å². The molecule has 0 spiro atoms. The van der Waals surface area contributed by atoms with Gasteiger partial charge in [0.2, 0.25) is 0 Å². The van der Waals surface area contributed by atoms with Crippen LogP contribution in [0, 0.1) is 19.8 Å². The molecule has 0 aliphatic heterocycles. The van der Waals surface area contributed by atoms with Gasteiger partial charge in [-0.2, -0.15) is 4.21 Å². The fourth-order valence-corrected chi connectivity index (χ4v) is 5.47. The molecule has 2 atom stereocenters. The van der Waals surface area contributed by atoms with Gasteiger partial charge in [-0.3, -0.25) is 4.55 Å². The summed E-state index contributed by atoms with van der Waals surface area (Å²) >= 11 is 3.49.